The third-order valence-electron chi connectivity index (χ3n) is 12.3. The molecule has 14 nitrogen and oxygen atoms in total. The van der Waals surface area contributed by atoms with E-state index in [4.69, 9.17) is 23.9 Å². The van der Waals surface area contributed by atoms with Crippen LogP contribution in [-0.2, 0) is 25.6 Å². The number of piperidine rings is 1. The second-order valence-electron chi connectivity index (χ2n) is 17.2. The molecular weight excluding hydrogens is 727 g/mol. The first-order valence-corrected chi connectivity index (χ1v) is 20.0. The van der Waals surface area contributed by atoms with E-state index in [1.165, 1.54) is 7.11 Å². The number of anilines is 2. The lowest BCUT2D eigenvalue weighted by atomic mass is 9.88. The number of nitrogens with one attached hydrogen (secondary N) is 4. The average molecular weight is 778 g/mol. The minimum absolute atomic E-state index is 0.0153. The number of nitrogens with zero attached hydrogens (tertiary/aromatic N) is 3. The van der Waals surface area contributed by atoms with Crippen LogP contribution >= 0.6 is 0 Å². The lowest BCUT2D eigenvalue weighted by Gasteiger charge is -2.41. The van der Waals surface area contributed by atoms with Crippen molar-refractivity contribution in [2.45, 2.75) is 95.9 Å². The van der Waals surface area contributed by atoms with E-state index in [1.54, 1.807) is 7.11 Å². The van der Waals surface area contributed by atoms with Crippen LogP contribution in [0.3, 0.4) is 0 Å². The molecule has 14 heteroatoms. The number of rotatable bonds is 6. The summed E-state index contributed by atoms with van der Waals surface area (Å²) >= 11 is 0. The van der Waals surface area contributed by atoms with Crippen LogP contribution < -0.4 is 20.7 Å². The fraction of sp³-hybridized carbons (Fsp3) is 0.488. The summed E-state index contributed by atoms with van der Waals surface area (Å²) in [4.78, 5) is 51.1. The van der Waals surface area contributed by atoms with Crippen molar-refractivity contribution in [3.63, 3.8) is 0 Å². The van der Waals surface area contributed by atoms with Gasteiger partial charge in [0.1, 0.15) is 36.0 Å². The van der Waals surface area contributed by atoms with E-state index in [9.17, 15) is 14.4 Å². The lowest BCUT2D eigenvalue weighted by molar-refractivity contribution is -0.142. The average Bonchev–Trinajstić information content (AvgIpc) is 4.00. The van der Waals surface area contributed by atoms with Crippen LogP contribution in [0.25, 0.3) is 33.2 Å². The number of ether oxygens (including phenoxy) is 4. The normalized spacial score (nSPS) is 26.1. The fourth-order valence-electron chi connectivity index (χ4n) is 9.70. The highest BCUT2D eigenvalue weighted by molar-refractivity contribution is 6.05. The highest BCUT2D eigenvalue weighted by Gasteiger charge is 2.48. The molecule has 5 aliphatic rings. The Kier molecular flexibility index (Phi) is 9.21. The largest absolute Gasteiger partial charge is 0.488 e. The third-order valence-corrected chi connectivity index (χ3v) is 12.3. The van der Waals surface area contributed by atoms with Crippen molar-refractivity contribution in [2.24, 2.45) is 11.8 Å². The molecule has 0 saturated carbocycles. The van der Waals surface area contributed by atoms with Gasteiger partial charge >= 0.3 is 12.2 Å². The Morgan fingerprint density at radius 2 is 1.88 bits per heavy atom. The molecule has 7 atom stereocenters. The molecule has 6 heterocycles. The number of imidazole rings is 1. The fourth-order valence-corrected chi connectivity index (χ4v) is 9.70. The van der Waals surface area contributed by atoms with Crippen molar-refractivity contribution < 1.29 is 33.3 Å². The van der Waals surface area contributed by atoms with Gasteiger partial charge in [0.05, 0.1) is 49.1 Å². The van der Waals surface area contributed by atoms with Crippen molar-refractivity contribution in [2.75, 3.05) is 38.0 Å². The van der Waals surface area contributed by atoms with Gasteiger partial charge in [-0.15, -0.1) is 0 Å². The Labute approximate surface area is 331 Å². The Morgan fingerprint density at radius 3 is 2.67 bits per heavy atom. The highest BCUT2D eigenvalue weighted by atomic mass is 16.6. The van der Waals surface area contributed by atoms with Crippen molar-refractivity contribution in [1.82, 2.24) is 25.1 Å². The molecule has 300 valence electrons. The number of fused-ring (bicyclic) bond motifs is 7. The van der Waals surface area contributed by atoms with Crippen LogP contribution in [0.15, 0.2) is 48.7 Å². The van der Waals surface area contributed by atoms with Crippen LogP contribution in [0.1, 0.15) is 70.8 Å². The van der Waals surface area contributed by atoms with Gasteiger partial charge in [-0.3, -0.25) is 4.79 Å². The second-order valence-corrected chi connectivity index (χ2v) is 17.2. The van der Waals surface area contributed by atoms with E-state index in [0.717, 1.165) is 87.4 Å². The van der Waals surface area contributed by atoms with E-state index >= 15 is 0 Å². The van der Waals surface area contributed by atoms with Gasteiger partial charge in [0.25, 0.3) is 0 Å². The number of benzene rings is 3. The zero-order valence-corrected chi connectivity index (χ0v) is 33.3. The molecule has 3 amide bonds. The molecule has 3 fully saturated rings. The van der Waals surface area contributed by atoms with Crippen molar-refractivity contribution in [3.8, 4) is 28.1 Å². The molecule has 57 heavy (non-hydrogen) atoms. The van der Waals surface area contributed by atoms with E-state index in [1.807, 2.05) is 43.7 Å². The summed E-state index contributed by atoms with van der Waals surface area (Å²) in [5.41, 5.74) is 6.45. The summed E-state index contributed by atoms with van der Waals surface area (Å²) in [6.45, 7) is 9.24. The number of aromatic nitrogens is 2. The first kappa shape index (κ1) is 37.1. The molecule has 1 aromatic heterocycles. The van der Waals surface area contributed by atoms with E-state index in [0.29, 0.717) is 19.8 Å². The molecule has 0 radical (unpaired) electrons. The summed E-state index contributed by atoms with van der Waals surface area (Å²) in [5.74, 6) is 1.70. The van der Waals surface area contributed by atoms with Gasteiger partial charge in [-0.05, 0) is 98.7 Å². The number of carbonyl (C=O) groups is 3. The number of alkyl carbamates (subject to hydrolysis) is 1. The molecule has 3 saturated heterocycles. The smallest absolute Gasteiger partial charge is 0.410 e. The maximum absolute atomic E-state index is 13.7. The quantitative estimate of drug-likeness (QED) is 0.160. The van der Waals surface area contributed by atoms with E-state index in [2.05, 4.69) is 63.4 Å². The van der Waals surface area contributed by atoms with Crippen LogP contribution in [0.4, 0.5) is 21.0 Å². The number of H-pyrrole nitrogens is 1. The number of likely N-dealkylation sites (tertiary alicyclic amines) is 1. The molecular formula is C43H51N7O7. The first-order chi connectivity index (χ1) is 27.4. The molecule has 9 rings (SSSR count). The monoisotopic (exact) mass is 777 g/mol. The number of hydrogen-bond acceptors (Lipinski definition) is 10. The molecule has 3 aromatic carbocycles. The van der Waals surface area contributed by atoms with Gasteiger partial charge in [-0.2, -0.15) is 0 Å². The molecule has 0 bridgehead atoms. The van der Waals surface area contributed by atoms with E-state index in [-0.39, 0.29) is 48.1 Å². The standard InChI is InChI=1S/C43H51N7O7/c1-22-13-27-9-12-33(50(27)40(51)36(22)48-41(52)55-6)38-44-18-32(46-38)25-7-10-28-26(15-25)21-56-35-17-29-24(16-30(28)35)8-11-31-37(29)47-39(45-31)34-14-23(20-54-5)19-49(34)42(53)57-43(2,3)4/h7-8,10-11,15-18,22-23,27,33-34,36,39,45,47H,9,12-14,19-21H2,1-6H3,(H,44,46)(H,48,52)/t22?,23-,27+,33-,34-,36-,39?/m0/s1. The maximum atomic E-state index is 13.7. The van der Waals surface area contributed by atoms with Crippen LogP contribution in [-0.4, -0.2) is 95.1 Å². The summed E-state index contributed by atoms with van der Waals surface area (Å²) in [7, 11) is 3.01. The summed E-state index contributed by atoms with van der Waals surface area (Å²) < 4.78 is 22.5. The number of carbonyl (C=O) groups excluding carboxylic acids is 3. The second kappa shape index (κ2) is 14.2. The molecule has 0 spiro atoms. The number of hydrogen-bond donors (Lipinski definition) is 4. The van der Waals surface area contributed by atoms with Crippen molar-refractivity contribution >= 4 is 40.2 Å². The first-order valence-electron chi connectivity index (χ1n) is 20.0. The van der Waals surface area contributed by atoms with Crippen LogP contribution in [0, 0.1) is 11.8 Å². The third kappa shape index (κ3) is 6.67. The Balaban J connectivity index is 0.941. The number of aromatic amines is 1. The molecule has 2 unspecified atom stereocenters. The predicted molar refractivity (Wildman–Crippen MR) is 215 cm³/mol. The minimum atomic E-state index is -0.627. The van der Waals surface area contributed by atoms with Gasteiger partial charge in [-0.1, -0.05) is 25.1 Å². The van der Waals surface area contributed by atoms with E-state index < -0.39 is 17.7 Å². The Bertz CT molecular complexity index is 2250. The Morgan fingerprint density at radius 1 is 1.04 bits per heavy atom. The van der Waals surface area contributed by atoms with Crippen LogP contribution in [0.2, 0.25) is 0 Å². The molecule has 4 aromatic rings. The SMILES string of the molecule is COC[C@H]1C[C@@H](C2Nc3ccc4cc5c(cc4c3N2)OCc2cc(-c3cnc([C@@H]4CC[C@@H]6CC(C)[C@H](NC(=O)OC)C(=O)N64)[nH]3)ccc2-5)N(C(=O)OC(C)(C)C)C1. The van der Waals surface area contributed by atoms with Crippen molar-refractivity contribution in [1.29, 1.82) is 0 Å². The zero-order chi connectivity index (χ0) is 39.7. The van der Waals surface area contributed by atoms with Gasteiger partial charge in [0, 0.05) is 36.6 Å². The summed E-state index contributed by atoms with van der Waals surface area (Å²) in [5, 5.41) is 12.3. The summed E-state index contributed by atoms with van der Waals surface area (Å²) in [6, 6.07) is 14.1. The topological polar surface area (TPSA) is 159 Å². The molecule has 5 aliphatic heterocycles. The molecule has 4 N–H and O–H groups in total. The minimum Gasteiger partial charge on any atom is -0.488 e. The number of methoxy groups -OCH3 is 2. The lowest BCUT2D eigenvalue weighted by Crippen LogP contribution is -2.58. The van der Waals surface area contributed by atoms with Crippen molar-refractivity contribution in [3.05, 3.63) is 60.0 Å². The van der Waals surface area contributed by atoms with Crippen LogP contribution in [0.5, 0.6) is 5.75 Å². The zero-order valence-electron chi connectivity index (χ0n) is 33.3. The van der Waals surface area contributed by atoms with Gasteiger partial charge in [0.2, 0.25) is 5.91 Å². The molecule has 0 aliphatic carbocycles. The maximum Gasteiger partial charge on any atom is 0.410 e. The Hall–Kier alpha value is -5.50. The predicted octanol–water partition coefficient (Wildman–Crippen LogP) is 7.02. The number of amides is 3. The van der Waals surface area contributed by atoms with Gasteiger partial charge < -0.3 is 49.7 Å². The highest BCUT2D eigenvalue weighted by Crippen LogP contribution is 2.47. The van der Waals surface area contributed by atoms with Gasteiger partial charge in [0.15, 0.2) is 0 Å². The summed E-state index contributed by atoms with van der Waals surface area (Å²) in [6.07, 6.45) is 4.03. The van der Waals surface area contributed by atoms with Gasteiger partial charge in [-0.25, -0.2) is 14.6 Å².